The van der Waals surface area contributed by atoms with Crippen molar-refractivity contribution in [1.82, 2.24) is 0 Å². The van der Waals surface area contributed by atoms with E-state index in [4.69, 9.17) is 14.2 Å². The number of hydrogen-bond acceptors (Lipinski definition) is 4. The van der Waals surface area contributed by atoms with Crippen LogP contribution in [0, 0.1) is 17.3 Å². The lowest BCUT2D eigenvalue weighted by atomic mass is 9.86. The van der Waals surface area contributed by atoms with Gasteiger partial charge in [-0.05, 0) is 11.8 Å². The van der Waals surface area contributed by atoms with E-state index in [1.54, 1.807) is 0 Å². The smallest absolute Gasteiger partial charge is 0.353 e. The molecule has 0 atom stereocenters. The van der Waals surface area contributed by atoms with E-state index in [2.05, 4.69) is 11.8 Å². The van der Waals surface area contributed by atoms with Gasteiger partial charge in [0.2, 0.25) is 0 Å². The molecule has 0 aliphatic carbocycles. The lowest BCUT2D eigenvalue weighted by molar-refractivity contribution is -0.436. The van der Waals surface area contributed by atoms with Crippen molar-refractivity contribution in [2.75, 3.05) is 19.8 Å². The molecule has 4 nitrogen and oxygen atoms in total. The summed E-state index contributed by atoms with van der Waals surface area (Å²) in [6.07, 6.45) is 0. The molecule has 4 heteroatoms. The summed E-state index contributed by atoms with van der Waals surface area (Å²) in [5, 5.41) is 11.4. The average molecular weight is 336 g/mol. The van der Waals surface area contributed by atoms with E-state index in [9.17, 15) is 5.11 Å². The standard InChI is InChI=1S/C21H20O4/c1-19-14-23-21(24-15-19,25-16-19)13-12-20(22,17-8-4-2-5-9-17)18-10-6-3-7-11-18/h2-11,22H,14-16H2,1H3. The van der Waals surface area contributed by atoms with Crippen molar-refractivity contribution in [3.05, 3.63) is 71.8 Å². The van der Waals surface area contributed by atoms with Crippen molar-refractivity contribution in [2.24, 2.45) is 5.41 Å². The SMILES string of the molecule is CC12COC(C#CC(O)(c3ccccc3)c3ccccc3)(OC1)OC2. The van der Waals surface area contributed by atoms with E-state index in [0.717, 1.165) is 0 Å². The van der Waals surface area contributed by atoms with Gasteiger partial charge in [-0.2, -0.15) is 0 Å². The van der Waals surface area contributed by atoms with Gasteiger partial charge in [0.1, 0.15) is 0 Å². The van der Waals surface area contributed by atoms with Crippen LogP contribution in [-0.2, 0) is 19.8 Å². The predicted octanol–water partition coefficient (Wildman–Crippen LogP) is 2.66. The van der Waals surface area contributed by atoms with Crippen molar-refractivity contribution in [3.8, 4) is 11.8 Å². The highest BCUT2D eigenvalue weighted by atomic mass is 16.9. The predicted molar refractivity (Wildman–Crippen MR) is 92.4 cm³/mol. The van der Waals surface area contributed by atoms with Crippen LogP contribution in [-0.4, -0.2) is 30.9 Å². The molecular formula is C21H20O4. The third-order valence-corrected chi connectivity index (χ3v) is 4.61. The van der Waals surface area contributed by atoms with Crippen molar-refractivity contribution in [1.29, 1.82) is 0 Å². The van der Waals surface area contributed by atoms with E-state index >= 15 is 0 Å². The Morgan fingerprint density at radius 1 is 0.840 bits per heavy atom. The molecule has 1 N–H and O–H groups in total. The van der Waals surface area contributed by atoms with Crippen molar-refractivity contribution < 1.29 is 19.3 Å². The number of aliphatic hydroxyl groups is 1. The molecule has 3 fully saturated rings. The Morgan fingerprint density at radius 2 is 1.28 bits per heavy atom. The fraction of sp³-hybridized carbons (Fsp3) is 0.333. The molecule has 0 amide bonds. The minimum atomic E-state index is -1.48. The van der Waals surface area contributed by atoms with E-state index in [0.29, 0.717) is 30.9 Å². The van der Waals surface area contributed by atoms with Gasteiger partial charge in [0, 0.05) is 16.5 Å². The minimum absolute atomic E-state index is 0.126. The summed E-state index contributed by atoms with van der Waals surface area (Å²) < 4.78 is 17.1. The van der Waals surface area contributed by atoms with Crippen LogP contribution in [0.5, 0.6) is 0 Å². The van der Waals surface area contributed by atoms with Gasteiger partial charge in [-0.15, -0.1) is 0 Å². The highest BCUT2D eigenvalue weighted by molar-refractivity contribution is 5.44. The van der Waals surface area contributed by atoms with E-state index in [1.807, 2.05) is 67.6 Å². The molecule has 3 aliphatic rings. The number of fused-ring (bicyclic) bond motifs is 3. The summed E-state index contributed by atoms with van der Waals surface area (Å²) in [5.41, 5.74) is -0.243. The maximum atomic E-state index is 11.4. The zero-order valence-corrected chi connectivity index (χ0v) is 14.1. The van der Waals surface area contributed by atoms with Crippen LogP contribution in [0.25, 0.3) is 0 Å². The zero-order chi connectivity index (χ0) is 17.4. The van der Waals surface area contributed by atoms with Gasteiger partial charge in [0.05, 0.1) is 19.8 Å². The second-order valence-electron chi connectivity index (χ2n) is 6.93. The molecule has 3 aliphatic heterocycles. The first-order valence-electron chi connectivity index (χ1n) is 8.33. The van der Waals surface area contributed by atoms with Gasteiger partial charge < -0.3 is 19.3 Å². The summed E-state index contributed by atoms with van der Waals surface area (Å²) in [6.45, 7) is 3.62. The fourth-order valence-corrected chi connectivity index (χ4v) is 3.00. The lowest BCUT2D eigenvalue weighted by Crippen LogP contribution is -2.58. The maximum absolute atomic E-state index is 11.4. The quantitative estimate of drug-likeness (QED) is 0.857. The van der Waals surface area contributed by atoms with Gasteiger partial charge in [-0.3, -0.25) is 0 Å². The van der Waals surface area contributed by atoms with Gasteiger partial charge >= 0.3 is 5.97 Å². The molecule has 3 heterocycles. The van der Waals surface area contributed by atoms with Gasteiger partial charge in [-0.1, -0.05) is 67.6 Å². The maximum Gasteiger partial charge on any atom is 0.353 e. The Kier molecular flexibility index (Phi) is 3.90. The van der Waals surface area contributed by atoms with Crippen LogP contribution < -0.4 is 0 Å². The molecule has 0 aromatic heterocycles. The largest absolute Gasteiger partial charge is 0.369 e. The molecule has 2 aromatic rings. The molecular weight excluding hydrogens is 316 g/mol. The topological polar surface area (TPSA) is 47.9 Å². The van der Waals surface area contributed by atoms with Crippen molar-refractivity contribution in [2.45, 2.75) is 18.5 Å². The number of ether oxygens (including phenoxy) is 3. The molecule has 5 rings (SSSR count). The Morgan fingerprint density at radius 3 is 1.72 bits per heavy atom. The molecule has 2 bridgehead atoms. The Bertz CT molecular complexity index is 740. The van der Waals surface area contributed by atoms with Crippen LogP contribution in [0.2, 0.25) is 0 Å². The van der Waals surface area contributed by atoms with Crippen LogP contribution >= 0.6 is 0 Å². The zero-order valence-electron chi connectivity index (χ0n) is 14.1. The molecule has 128 valence electrons. The van der Waals surface area contributed by atoms with Crippen molar-refractivity contribution >= 4 is 0 Å². The van der Waals surface area contributed by atoms with E-state index in [-0.39, 0.29) is 5.41 Å². The molecule has 0 spiro atoms. The summed E-state index contributed by atoms with van der Waals surface area (Å²) >= 11 is 0. The first kappa shape index (κ1) is 16.3. The molecule has 2 aromatic carbocycles. The van der Waals surface area contributed by atoms with E-state index in [1.165, 1.54) is 0 Å². The van der Waals surface area contributed by atoms with Crippen molar-refractivity contribution in [3.63, 3.8) is 0 Å². The van der Waals surface area contributed by atoms with Gasteiger partial charge in [0.25, 0.3) is 0 Å². The van der Waals surface area contributed by atoms with Crippen LogP contribution in [0.3, 0.4) is 0 Å². The van der Waals surface area contributed by atoms with Gasteiger partial charge in [0.15, 0.2) is 5.60 Å². The Labute approximate surface area is 147 Å². The highest BCUT2D eigenvalue weighted by Crippen LogP contribution is 2.38. The first-order chi connectivity index (χ1) is 12.0. The summed E-state index contributed by atoms with van der Waals surface area (Å²) in [5.74, 6) is 4.48. The number of rotatable bonds is 2. The summed E-state index contributed by atoms with van der Waals surface area (Å²) in [7, 11) is 0. The van der Waals surface area contributed by atoms with Crippen LogP contribution in [0.15, 0.2) is 60.7 Å². The van der Waals surface area contributed by atoms with E-state index < -0.39 is 11.6 Å². The lowest BCUT2D eigenvalue weighted by Gasteiger charge is -2.47. The average Bonchev–Trinajstić information content (AvgIpc) is 2.69. The minimum Gasteiger partial charge on any atom is -0.369 e. The molecule has 0 radical (unpaired) electrons. The Balaban J connectivity index is 1.74. The number of benzene rings is 2. The monoisotopic (exact) mass is 336 g/mol. The normalized spacial score (nSPS) is 28.2. The molecule has 3 saturated heterocycles. The fourth-order valence-electron chi connectivity index (χ4n) is 3.00. The second-order valence-corrected chi connectivity index (χ2v) is 6.93. The first-order valence-corrected chi connectivity index (χ1v) is 8.33. The second kappa shape index (κ2) is 5.98. The summed E-state index contributed by atoms with van der Waals surface area (Å²) in [4.78, 5) is 0. The Hall–Kier alpha value is -2.16. The van der Waals surface area contributed by atoms with Gasteiger partial charge in [-0.25, -0.2) is 0 Å². The molecule has 0 saturated carbocycles. The summed E-state index contributed by atoms with van der Waals surface area (Å²) in [6, 6.07) is 18.7. The highest BCUT2D eigenvalue weighted by Gasteiger charge is 2.50. The molecule has 25 heavy (non-hydrogen) atoms. The van der Waals surface area contributed by atoms with Crippen LogP contribution in [0.1, 0.15) is 18.1 Å². The third kappa shape index (κ3) is 2.97. The molecule has 0 unspecified atom stereocenters. The third-order valence-electron chi connectivity index (χ3n) is 4.61. The number of hydrogen-bond donors (Lipinski definition) is 1. The van der Waals surface area contributed by atoms with Crippen LogP contribution in [0.4, 0.5) is 0 Å².